The van der Waals surface area contributed by atoms with Crippen molar-refractivity contribution in [3.63, 3.8) is 0 Å². The van der Waals surface area contributed by atoms with E-state index in [0.717, 1.165) is 18.2 Å². The third-order valence-corrected chi connectivity index (χ3v) is 3.04. The van der Waals surface area contributed by atoms with Gasteiger partial charge in [-0.1, -0.05) is 24.3 Å². The molecule has 2 aromatic rings. The molecule has 0 bridgehead atoms. The van der Waals surface area contributed by atoms with Crippen molar-refractivity contribution >= 4 is 23.4 Å². The summed E-state index contributed by atoms with van der Waals surface area (Å²) >= 11 is 0. The predicted molar refractivity (Wildman–Crippen MR) is 82.2 cm³/mol. The molecule has 0 atom stereocenters. The van der Waals surface area contributed by atoms with Gasteiger partial charge in [0.15, 0.2) is 0 Å². The van der Waals surface area contributed by atoms with E-state index in [1.165, 1.54) is 36.4 Å². The number of hydrogen-bond acceptors (Lipinski definition) is 3. The highest BCUT2D eigenvalue weighted by Crippen LogP contribution is 2.34. The maximum atomic E-state index is 12.8. The van der Waals surface area contributed by atoms with Gasteiger partial charge in [-0.25, -0.2) is 0 Å². The molecular weight excluding hydrogens is 325 g/mol. The molecule has 5 nitrogen and oxygen atoms in total. The molecule has 0 saturated heterocycles. The zero-order valence-electron chi connectivity index (χ0n) is 12.1. The number of halogens is 3. The number of nitro benzene ring substituents is 1. The van der Waals surface area contributed by atoms with Crippen LogP contribution in [-0.4, -0.2) is 10.8 Å². The number of nitrogens with zero attached hydrogens (tertiary/aromatic N) is 1. The molecule has 0 spiro atoms. The maximum absolute atomic E-state index is 12.8. The molecule has 2 rings (SSSR count). The lowest BCUT2D eigenvalue weighted by Gasteiger charge is -2.12. The van der Waals surface area contributed by atoms with Crippen LogP contribution in [0, 0.1) is 10.1 Å². The predicted octanol–water partition coefficient (Wildman–Crippen LogP) is 4.27. The van der Waals surface area contributed by atoms with Gasteiger partial charge in [0, 0.05) is 12.1 Å². The van der Waals surface area contributed by atoms with Crippen molar-refractivity contribution in [3.8, 4) is 0 Å². The molecular formula is C16H11F3N2O3. The van der Waals surface area contributed by atoms with Crippen LogP contribution in [0.4, 0.5) is 24.5 Å². The zero-order chi connectivity index (χ0) is 17.7. The van der Waals surface area contributed by atoms with E-state index in [1.54, 1.807) is 6.07 Å². The Bertz CT molecular complexity index is 801. The van der Waals surface area contributed by atoms with Crippen LogP contribution in [-0.2, 0) is 11.0 Å². The number of anilines is 1. The van der Waals surface area contributed by atoms with E-state index in [9.17, 15) is 28.1 Å². The van der Waals surface area contributed by atoms with E-state index in [4.69, 9.17) is 0 Å². The molecule has 1 amide bonds. The number of carbonyl (C=O) groups excluding carboxylic acids is 1. The highest BCUT2D eigenvalue weighted by Gasteiger charge is 2.33. The minimum atomic E-state index is -4.61. The number of hydrogen-bond donors (Lipinski definition) is 1. The largest absolute Gasteiger partial charge is 0.418 e. The van der Waals surface area contributed by atoms with E-state index in [0.29, 0.717) is 0 Å². The van der Waals surface area contributed by atoms with Gasteiger partial charge in [-0.05, 0) is 24.3 Å². The van der Waals surface area contributed by atoms with E-state index in [1.807, 2.05) is 0 Å². The second kappa shape index (κ2) is 6.95. The lowest BCUT2D eigenvalue weighted by Crippen LogP contribution is -2.14. The Morgan fingerprint density at radius 1 is 1.08 bits per heavy atom. The van der Waals surface area contributed by atoms with E-state index < -0.39 is 22.6 Å². The molecule has 2 aromatic carbocycles. The fraction of sp³-hybridized carbons (Fsp3) is 0.0625. The summed E-state index contributed by atoms with van der Waals surface area (Å²) in [6, 6.07) is 10.2. The monoisotopic (exact) mass is 336 g/mol. The van der Waals surface area contributed by atoms with Crippen molar-refractivity contribution in [1.29, 1.82) is 0 Å². The highest BCUT2D eigenvalue weighted by molar-refractivity contribution is 6.02. The molecule has 0 aliphatic heterocycles. The van der Waals surface area contributed by atoms with Crippen LogP contribution in [0.1, 0.15) is 11.1 Å². The molecule has 0 fully saturated rings. The number of alkyl halides is 3. The fourth-order valence-electron chi connectivity index (χ4n) is 1.97. The summed E-state index contributed by atoms with van der Waals surface area (Å²) in [4.78, 5) is 22.1. The molecule has 124 valence electrons. The molecule has 0 aliphatic rings. The topological polar surface area (TPSA) is 72.2 Å². The van der Waals surface area contributed by atoms with Crippen molar-refractivity contribution < 1.29 is 22.9 Å². The van der Waals surface area contributed by atoms with Gasteiger partial charge in [0.2, 0.25) is 5.91 Å². The minimum absolute atomic E-state index is 0.168. The maximum Gasteiger partial charge on any atom is 0.418 e. The lowest BCUT2D eigenvalue weighted by molar-refractivity contribution is -0.385. The van der Waals surface area contributed by atoms with Gasteiger partial charge in [-0.3, -0.25) is 14.9 Å². The standard InChI is InChI=1S/C16H11F3N2O3/c17-16(18,19)12-6-2-3-7-13(12)20-15(22)10-9-11-5-1-4-8-14(11)21(23)24/h1-10H,(H,20,22)/b10-9+. The number of carbonyl (C=O) groups is 1. The smallest absolute Gasteiger partial charge is 0.322 e. The molecule has 0 aliphatic carbocycles. The van der Waals surface area contributed by atoms with Crippen LogP contribution >= 0.6 is 0 Å². The quantitative estimate of drug-likeness (QED) is 0.515. The first kappa shape index (κ1) is 17.2. The number of amides is 1. The lowest BCUT2D eigenvalue weighted by atomic mass is 10.1. The van der Waals surface area contributed by atoms with Crippen molar-refractivity contribution in [2.24, 2.45) is 0 Å². The normalized spacial score (nSPS) is 11.5. The summed E-state index contributed by atoms with van der Waals surface area (Å²) in [5, 5.41) is 13.0. The first-order valence-electron chi connectivity index (χ1n) is 6.68. The molecule has 0 radical (unpaired) electrons. The van der Waals surface area contributed by atoms with Crippen molar-refractivity contribution in [2.45, 2.75) is 6.18 Å². The average Bonchev–Trinajstić information content (AvgIpc) is 2.52. The molecule has 8 heteroatoms. The second-order valence-electron chi connectivity index (χ2n) is 4.68. The Labute approximate surface area is 134 Å². The molecule has 0 aromatic heterocycles. The third-order valence-electron chi connectivity index (χ3n) is 3.04. The summed E-state index contributed by atoms with van der Waals surface area (Å²) in [6.45, 7) is 0. The summed E-state index contributed by atoms with van der Waals surface area (Å²) < 4.78 is 38.5. The van der Waals surface area contributed by atoms with E-state index in [-0.39, 0.29) is 16.9 Å². The number of rotatable bonds is 4. The Morgan fingerprint density at radius 3 is 2.38 bits per heavy atom. The van der Waals surface area contributed by atoms with Gasteiger partial charge in [-0.2, -0.15) is 13.2 Å². The van der Waals surface area contributed by atoms with E-state index >= 15 is 0 Å². The van der Waals surface area contributed by atoms with Crippen LogP contribution in [0.25, 0.3) is 6.08 Å². The fourth-order valence-corrected chi connectivity index (χ4v) is 1.97. The van der Waals surface area contributed by atoms with Crippen molar-refractivity contribution in [3.05, 3.63) is 75.8 Å². The van der Waals surface area contributed by atoms with Gasteiger partial charge < -0.3 is 5.32 Å². The molecule has 0 unspecified atom stereocenters. The highest BCUT2D eigenvalue weighted by atomic mass is 19.4. The van der Waals surface area contributed by atoms with Crippen LogP contribution < -0.4 is 5.32 Å². The number of nitro groups is 1. The van der Waals surface area contributed by atoms with Crippen LogP contribution in [0.3, 0.4) is 0 Å². The molecule has 0 saturated carbocycles. The van der Waals surface area contributed by atoms with Crippen LogP contribution in [0.2, 0.25) is 0 Å². The van der Waals surface area contributed by atoms with Crippen LogP contribution in [0.15, 0.2) is 54.6 Å². The number of para-hydroxylation sites is 2. The summed E-state index contributed by atoms with van der Waals surface area (Å²) in [5.74, 6) is -0.829. The van der Waals surface area contributed by atoms with Gasteiger partial charge in [0.25, 0.3) is 5.69 Å². The summed E-state index contributed by atoms with van der Waals surface area (Å²) in [6.07, 6.45) is -2.50. The number of benzene rings is 2. The van der Waals surface area contributed by atoms with Gasteiger partial charge >= 0.3 is 6.18 Å². The Balaban J connectivity index is 2.20. The van der Waals surface area contributed by atoms with Crippen molar-refractivity contribution in [2.75, 3.05) is 5.32 Å². The molecule has 24 heavy (non-hydrogen) atoms. The minimum Gasteiger partial charge on any atom is -0.322 e. The molecule has 1 N–H and O–H groups in total. The third kappa shape index (κ3) is 4.19. The first-order valence-corrected chi connectivity index (χ1v) is 6.68. The summed E-state index contributed by atoms with van der Waals surface area (Å²) in [5.41, 5.74) is -1.40. The van der Waals surface area contributed by atoms with E-state index in [2.05, 4.69) is 5.32 Å². The Hall–Kier alpha value is -3.16. The van der Waals surface area contributed by atoms with Crippen LogP contribution in [0.5, 0.6) is 0 Å². The second-order valence-corrected chi connectivity index (χ2v) is 4.68. The number of nitrogens with one attached hydrogen (secondary N) is 1. The summed E-state index contributed by atoms with van der Waals surface area (Å²) in [7, 11) is 0. The van der Waals surface area contributed by atoms with Gasteiger partial charge in [-0.15, -0.1) is 0 Å². The first-order chi connectivity index (χ1) is 11.3. The SMILES string of the molecule is O=C(/C=C/c1ccccc1[N+](=O)[O-])Nc1ccccc1C(F)(F)F. The van der Waals surface area contributed by atoms with Gasteiger partial charge in [0.1, 0.15) is 0 Å². The van der Waals surface area contributed by atoms with Crippen molar-refractivity contribution in [1.82, 2.24) is 0 Å². The Kier molecular flexibility index (Phi) is 4.98. The Morgan fingerprint density at radius 2 is 1.71 bits per heavy atom. The zero-order valence-corrected chi connectivity index (χ0v) is 12.1. The average molecular weight is 336 g/mol. The van der Waals surface area contributed by atoms with Gasteiger partial charge in [0.05, 0.1) is 21.7 Å². The molecule has 0 heterocycles.